The van der Waals surface area contributed by atoms with Crippen molar-refractivity contribution >= 4 is 0 Å². The molecule has 0 N–H and O–H groups in total. The Morgan fingerprint density at radius 1 is 1.21 bits per heavy atom. The van der Waals surface area contributed by atoms with Crippen molar-refractivity contribution in [2.75, 3.05) is 0 Å². The van der Waals surface area contributed by atoms with Gasteiger partial charge in [0.1, 0.15) is 0 Å². The highest BCUT2D eigenvalue weighted by atomic mass is 14.6. The van der Waals surface area contributed by atoms with Crippen LogP contribution in [0.4, 0.5) is 0 Å². The Hall–Kier alpha value is -1.29. The lowest BCUT2D eigenvalue weighted by molar-refractivity contribution is 0.430. The smallest absolute Gasteiger partial charge is 0.0428 e. The molecule has 0 atom stereocenters. The maximum absolute atomic E-state index is 4.05. The molecule has 1 aromatic rings. The minimum atomic E-state index is 0.629. The van der Waals surface area contributed by atoms with Crippen molar-refractivity contribution in [3.05, 3.63) is 30.1 Å². The van der Waals surface area contributed by atoms with Gasteiger partial charge in [0.05, 0.1) is 0 Å². The first-order valence-electron chi connectivity index (χ1n) is 5.37. The Bertz CT molecular complexity index is 325. The van der Waals surface area contributed by atoms with Crippen LogP contribution in [0.5, 0.6) is 0 Å². The maximum Gasteiger partial charge on any atom is 0.0428 e. The van der Waals surface area contributed by atoms with E-state index in [2.05, 4.69) is 16.8 Å². The van der Waals surface area contributed by atoms with E-state index in [1.54, 1.807) is 6.20 Å². The summed E-state index contributed by atoms with van der Waals surface area (Å²) >= 11 is 0. The van der Waals surface area contributed by atoms with Crippen LogP contribution in [0.2, 0.25) is 0 Å². The van der Waals surface area contributed by atoms with Gasteiger partial charge >= 0.3 is 0 Å². The van der Waals surface area contributed by atoms with Gasteiger partial charge in [-0.3, -0.25) is 4.98 Å². The zero-order chi connectivity index (χ0) is 9.64. The molecule has 0 bridgehead atoms. The van der Waals surface area contributed by atoms with Crippen LogP contribution >= 0.6 is 0 Å². The lowest BCUT2D eigenvalue weighted by Gasteiger charge is -2.15. The van der Waals surface area contributed by atoms with E-state index in [9.17, 15) is 0 Å². The summed E-state index contributed by atoms with van der Waals surface area (Å²) in [6, 6.07) is 3.95. The summed E-state index contributed by atoms with van der Waals surface area (Å²) in [7, 11) is 0. The van der Waals surface area contributed by atoms with E-state index >= 15 is 0 Å². The summed E-state index contributed by atoms with van der Waals surface area (Å²) in [4.78, 5) is 4.05. The van der Waals surface area contributed by atoms with Crippen LogP contribution in [0, 0.1) is 17.8 Å². The highest BCUT2D eigenvalue weighted by Crippen LogP contribution is 2.22. The standard InChI is InChI=1S/C13H15N/c1-2-5-12(6-3-1)8-9-13-7-4-10-14-11-13/h4,7,10-12H,1-3,5-6H2. The van der Waals surface area contributed by atoms with E-state index in [0.717, 1.165) is 5.56 Å². The van der Waals surface area contributed by atoms with E-state index in [1.807, 2.05) is 18.3 Å². The summed E-state index contributed by atoms with van der Waals surface area (Å²) in [6.45, 7) is 0. The molecule has 1 heterocycles. The highest BCUT2D eigenvalue weighted by molar-refractivity contribution is 5.31. The third-order valence-corrected chi connectivity index (χ3v) is 2.69. The fourth-order valence-electron chi connectivity index (χ4n) is 1.87. The van der Waals surface area contributed by atoms with Crippen molar-refractivity contribution in [2.24, 2.45) is 5.92 Å². The van der Waals surface area contributed by atoms with E-state index in [-0.39, 0.29) is 0 Å². The minimum absolute atomic E-state index is 0.629. The zero-order valence-electron chi connectivity index (χ0n) is 8.37. The SMILES string of the molecule is C(#CC1CCCCC1)c1cccnc1. The predicted octanol–water partition coefficient (Wildman–Crippen LogP) is 3.01. The Morgan fingerprint density at radius 2 is 2.07 bits per heavy atom. The predicted molar refractivity (Wildman–Crippen MR) is 57.7 cm³/mol. The van der Waals surface area contributed by atoms with Crippen LogP contribution in [0.25, 0.3) is 0 Å². The van der Waals surface area contributed by atoms with Gasteiger partial charge in [-0.1, -0.05) is 31.1 Å². The summed E-state index contributed by atoms with van der Waals surface area (Å²) in [5, 5.41) is 0. The van der Waals surface area contributed by atoms with Crippen molar-refractivity contribution in [1.29, 1.82) is 0 Å². The molecule has 1 nitrogen and oxygen atoms in total. The van der Waals surface area contributed by atoms with Crippen molar-refractivity contribution in [3.63, 3.8) is 0 Å². The van der Waals surface area contributed by atoms with Crippen LogP contribution in [-0.4, -0.2) is 4.98 Å². The topological polar surface area (TPSA) is 12.9 Å². The fourth-order valence-corrected chi connectivity index (χ4v) is 1.87. The van der Waals surface area contributed by atoms with Crippen LogP contribution in [0.3, 0.4) is 0 Å². The van der Waals surface area contributed by atoms with Crippen molar-refractivity contribution in [1.82, 2.24) is 4.98 Å². The van der Waals surface area contributed by atoms with E-state index in [0.29, 0.717) is 5.92 Å². The third kappa shape index (κ3) is 2.60. The second kappa shape index (κ2) is 4.81. The number of aromatic nitrogens is 1. The average Bonchev–Trinajstić information content (AvgIpc) is 2.29. The summed E-state index contributed by atoms with van der Waals surface area (Å²) < 4.78 is 0. The molecular weight excluding hydrogens is 170 g/mol. The summed E-state index contributed by atoms with van der Waals surface area (Å²) in [5.41, 5.74) is 1.04. The summed E-state index contributed by atoms with van der Waals surface area (Å²) in [5.74, 6) is 7.18. The lowest BCUT2D eigenvalue weighted by Crippen LogP contribution is -2.02. The van der Waals surface area contributed by atoms with E-state index < -0.39 is 0 Å². The molecule has 1 heteroatoms. The molecule has 0 saturated heterocycles. The molecule has 0 aromatic carbocycles. The second-order valence-corrected chi connectivity index (χ2v) is 3.85. The molecule has 1 aliphatic carbocycles. The lowest BCUT2D eigenvalue weighted by atomic mass is 9.90. The molecule has 2 rings (SSSR count). The Morgan fingerprint density at radius 3 is 2.79 bits per heavy atom. The number of rotatable bonds is 0. The first-order valence-corrected chi connectivity index (χ1v) is 5.37. The minimum Gasteiger partial charge on any atom is -0.263 e. The molecule has 1 fully saturated rings. The molecule has 0 amide bonds. The summed E-state index contributed by atoms with van der Waals surface area (Å²) in [6.07, 6.45) is 10.3. The van der Waals surface area contributed by atoms with Crippen molar-refractivity contribution in [3.8, 4) is 11.8 Å². The van der Waals surface area contributed by atoms with Crippen molar-refractivity contribution in [2.45, 2.75) is 32.1 Å². The van der Waals surface area contributed by atoms with Gasteiger partial charge in [-0.15, -0.1) is 0 Å². The zero-order valence-corrected chi connectivity index (χ0v) is 8.37. The molecular formula is C13H15N. The van der Waals surface area contributed by atoms with Gasteiger partial charge in [0, 0.05) is 23.9 Å². The average molecular weight is 185 g/mol. The monoisotopic (exact) mass is 185 g/mol. The molecule has 1 saturated carbocycles. The molecule has 0 unspecified atom stereocenters. The fraction of sp³-hybridized carbons (Fsp3) is 0.462. The van der Waals surface area contributed by atoms with Crippen LogP contribution in [0.1, 0.15) is 37.7 Å². The number of pyridine rings is 1. The van der Waals surface area contributed by atoms with E-state index in [1.165, 1.54) is 32.1 Å². The number of hydrogen-bond donors (Lipinski definition) is 0. The van der Waals surface area contributed by atoms with Crippen LogP contribution < -0.4 is 0 Å². The van der Waals surface area contributed by atoms with E-state index in [4.69, 9.17) is 0 Å². The van der Waals surface area contributed by atoms with Crippen LogP contribution in [0.15, 0.2) is 24.5 Å². The first-order chi connectivity index (χ1) is 6.95. The Labute approximate surface area is 85.6 Å². The van der Waals surface area contributed by atoms with Gasteiger partial charge in [-0.25, -0.2) is 0 Å². The quantitative estimate of drug-likeness (QED) is 0.566. The molecule has 72 valence electrons. The molecule has 0 radical (unpaired) electrons. The number of nitrogens with zero attached hydrogens (tertiary/aromatic N) is 1. The Kier molecular flexibility index (Phi) is 3.19. The third-order valence-electron chi connectivity index (χ3n) is 2.69. The molecule has 0 aliphatic heterocycles. The largest absolute Gasteiger partial charge is 0.263 e. The van der Waals surface area contributed by atoms with Crippen molar-refractivity contribution < 1.29 is 0 Å². The second-order valence-electron chi connectivity index (χ2n) is 3.85. The molecule has 1 aromatic heterocycles. The molecule has 14 heavy (non-hydrogen) atoms. The van der Waals surface area contributed by atoms with Gasteiger partial charge in [-0.05, 0) is 25.0 Å². The number of hydrogen-bond acceptors (Lipinski definition) is 1. The molecule has 1 aliphatic rings. The van der Waals surface area contributed by atoms with Gasteiger partial charge in [0.25, 0.3) is 0 Å². The van der Waals surface area contributed by atoms with Gasteiger partial charge in [0.2, 0.25) is 0 Å². The van der Waals surface area contributed by atoms with Crippen LogP contribution in [-0.2, 0) is 0 Å². The maximum atomic E-state index is 4.05. The highest BCUT2D eigenvalue weighted by Gasteiger charge is 2.09. The first kappa shape index (κ1) is 9.27. The van der Waals surface area contributed by atoms with Gasteiger partial charge in [-0.2, -0.15) is 0 Å². The Balaban J connectivity index is 1.99. The molecule has 0 spiro atoms. The van der Waals surface area contributed by atoms with Gasteiger partial charge in [0.15, 0.2) is 0 Å². The normalized spacial score (nSPS) is 17.1. The van der Waals surface area contributed by atoms with Gasteiger partial charge < -0.3 is 0 Å².